The molecule has 0 saturated heterocycles. The van der Waals surface area contributed by atoms with Crippen molar-refractivity contribution in [2.75, 3.05) is 20.2 Å². The number of carbonyl (C=O) groups excluding carboxylic acids is 1. The van der Waals surface area contributed by atoms with E-state index < -0.39 is 0 Å². The minimum Gasteiger partial charge on any atom is -0.492 e. The number of hydrazine groups is 1. The van der Waals surface area contributed by atoms with Crippen molar-refractivity contribution in [3.63, 3.8) is 0 Å². The van der Waals surface area contributed by atoms with Gasteiger partial charge < -0.3 is 9.64 Å². The van der Waals surface area contributed by atoms with E-state index in [0.717, 1.165) is 6.54 Å². The maximum absolute atomic E-state index is 11.4. The number of nitrogens with one attached hydrogen (secondary N) is 1. The van der Waals surface area contributed by atoms with Crippen LogP contribution in [0, 0.1) is 0 Å². The third-order valence-corrected chi connectivity index (χ3v) is 3.89. The first-order chi connectivity index (χ1) is 9.70. The van der Waals surface area contributed by atoms with Gasteiger partial charge in [0.05, 0.1) is 0 Å². The van der Waals surface area contributed by atoms with Crippen molar-refractivity contribution in [2.45, 2.75) is 31.7 Å². The molecule has 1 saturated carbocycles. The number of hydrogen-bond donors (Lipinski definition) is 2. The van der Waals surface area contributed by atoms with E-state index in [1.807, 2.05) is 6.07 Å². The van der Waals surface area contributed by atoms with Crippen LogP contribution in [0.4, 0.5) is 0 Å². The Morgan fingerprint density at radius 3 is 2.90 bits per heavy atom. The fraction of sp³-hybridized carbons (Fsp3) is 0.533. The van der Waals surface area contributed by atoms with Crippen molar-refractivity contribution < 1.29 is 9.53 Å². The molecule has 3 N–H and O–H groups in total. The minimum absolute atomic E-state index is 0.307. The molecular weight excluding hydrogens is 254 g/mol. The van der Waals surface area contributed by atoms with Gasteiger partial charge in [0.2, 0.25) is 0 Å². The van der Waals surface area contributed by atoms with Crippen LogP contribution < -0.4 is 16.0 Å². The normalized spacial score (nSPS) is 15.6. The average Bonchev–Trinajstić information content (AvgIpc) is 3.01. The molecule has 1 fully saturated rings. The highest BCUT2D eigenvalue weighted by Crippen LogP contribution is 2.22. The van der Waals surface area contributed by atoms with E-state index in [1.54, 1.807) is 18.2 Å². The zero-order valence-electron chi connectivity index (χ0n) is 12.0. The van der Waals surface area contributed by atoms with Gasteiger partial charge in [-0.05, 0) is 38.1 Å². The van der Waals surface area contributed by atoms with Gasteiger partial charge in [-0.3, -0.25) is 10.2 Å². The van der Waals surface area contributed by atoms with E-state index in [1.165, 1.54) is 25.7 Å². The lowest BCUT2D eigenvalue weighted by Gasteiger charge is -2.23. The second kappa shape index (κ2) is 7.26. The van der Waals surface area contributed by atoms with Crippen LogP contribution in [0.3, 0.4) is 0 Å². The zero-order valence-corrected chi connectivity index (χ0v) is 12.0. The Balaban J connectivity index is 1.80. The predicted molar refractivity (Wildman–Crippen MR) is 78.5 cm³/mol. The molecule has 20 heavy (non-hydrogen) atoms. The van der Waals surface area contributed by atoms with Crippen LogP contribution in [-0.4, -0.2) is 37.0 Å². The molecule has 0 radical (unpaired) electrons. The highest BCUT2D eigenvalue weighted by Gasteiger charge is 2.18. The van der Waals surface area contributed by atoms with Gasteiger partial charge in [0.25, 0.3) is 5.91 Å². The Morgan fingerprint density at radius 2 is 2.20 bits per heavy atom. The van der Waals surface area contributed by atoms with E-state index in [2.05, 4.69) is 17.4 Å². The lowest BCUT2D eigenvalue weighted by atomic mass is 10.2. The standard InChI is InChI=1S/C15H23N3O2/c1-18(13-6-2-3-7-13)9-10-20-14-8-4-5-12(11-14)15(19)17-16/h4-5,8,11,13H,2-3,6-7,9-10,16H2,1H3,(H,17,19). The number of ether oxygens (including phenoxy) is 1. The van der Waals surface area contributed by atoms with E-state index in [0.29, 0.717) is 24.0 Å². The molecule has 0 atom stereocenters. The second-order valence-corrected chi connectivity index (χ2v) is 5.27. The minimum atomic E-state index is -0.307. The number of hydrogen-bond acceptors (Lipinski definition) is 4. The lowest BCUT2D eigenvalue weighted by Crippen LogP contribution is -2.32. The maximum atomic E-state index is 11.4. The van der Waals surface area contributed by atoms with E-state index >= 15 is 0 Å². The van der Waals surface area contributed by atoms with Gasteiger partial charge in [-0.15, -0.1) is 0 Å². The van der Waals surface area contributed by atoms with Gasteiger partial charge >= 0.3 is 0 Å². The Morgan fingerprint density at radius 1 is 1.45 bits per heavy atom. The summed E-state index contributed by atoms with van der Waals surface area (Å²) in [5.41, 5.74) is 2.63. The number of nitrogens with two attached hydrogens (primary N) is 1. The fourth-order valence-corrected chi connectivity index (χ4v) is 2.65. The summed E-state index contributed by atoms with van der Waals surface area (Å²) in [7, 11) is 2.15. The highest BCUT2D eigenvalue weighted by atomic mass is 16.5. The summed E-state index contributed by atoms with van der Waals surface area (Å²) in [5, 5.41) is 0. The Hall–Kier alpha value is -1.59. The smallest absolute Gasteiger partial charge is 0.265 e. The van der Waals surface area contributed by atoms with Gasteiger partial charge in [0, 0.05) is 18.2 Å². The van der Waals surface area contributed by atoms with E-state index in [9.17, 15) is 4.79 Å². The quantitative estimate of drug-likeness (QED) is 0.470. The van der Waals surface area contributed by atoms with Gasteiger partial charge in [0.15, 0.2) is 0 Å². The monoisotopic (exact) mass is 277 g/mol. The van der Waals surface area contributed by atoms with Gasteiger partial charge in [-0.25, -0.2) is 5.84 Å². The molecule has 1 amide bonds. The Bertz CT molecular complexity index is 444. The molecule has 0 heterocycles. The largest absolute Gasteiger partial charge is 0.492 e. The summed E-state index contributed by atoms with van der Waals surface area (Å²) in [5.74, 6) is 5.51. The van der Waals surface area contributed by atoms with E-state index in [-0.39, 0.29) is 5.91 Å². The van der Waals surface area contributed by atoms with Crippen molar-refractivity contribution >= 4 is 5.91 Å². The number of nitrogen functional groups attached to an aromatic ring is 1. The van der Waals surface area contributed by atoms with Gasteiger partial charge in [-0.2, -0.15) is 0 Å². The molecule has 0 aliphatic heterocycles. The van der Waals surface area contributed by atoms with Crippen LogP contribution in [-0.2, 0) is 0 Å². The number of likely N-dealkylation sites (N-methyl/N-ethyl adjacent to an activating group) is 1. The molecule has 5 heteroatoms. The van der Waals surface area contributed by atoms with Crippen LogP contribution in [0.5, 0.6) is 5.75 Å². The highest BCUT2D eigenvalue weighted by molar-refractivity contribution is 5.94. The van der Waals surface area contributed by atoms with Crippen LogP contribution in [0.2, 0.25) is 0 Å². The molecule has 1 aromatic rings. The van der Waals surface area contributed by atoms with Crippen molar-refractivity contribution in [1.82, 2.24) is 10.3 Å². The lowest BCUT2D eigenvalue weighted by molar-refractivity contribution is 0.0953. The van der Waals surface area contributed by atoms with Gasteiger partial charge in [-0.1, -0.05) is 18.9 Å². The molecule has 5 nitrogen and oxygen atoms in total. The number of rotatable bonds is 6. The maximum Gasteiger partial charge on any atom is 0.265 e. The third kappa shape index (κ3) is 3.95. The van der Waals surface area contributed by atoms with Crippen LogP contribution in [0.25, 0.3) is 0 Å². The van der Waals surface area contributed by atoms with Crippen molar-refractivity contribution in [2.24, 2.45) is 5.84 Å². The zero-order chi connectivity index (χ0) is 14.4. The van der Waals surface area contributed by atoms with Crippen LogP contribution >= 0.6 is 0 Å². The van der Waals surface area contributed by atoms with Crippen molar-refractivity contribution in [1.29, 1.82) is 0 Å². The fourth-order valence-electron chi connectivity index (χ4n) is 2.65. The summed E-state index contributed by atoms with van der Waals surface area (Å²) in [6.45, 7) is 1.53. The molecule has 1 aliphatic carbocycles. The molecule has 0 bridgehead atoms. The molecular formula is C15H23N3O2. The first-order valence-corrected chi connectivity index (χ1v) is 7.15. The number of carbonyl (C=O) groups is 1. The number of amides is 1. The summed E-state index contributed by atoms with van der Waals surface area (Å²) in [6, 6.07) is 7.76. The molecule has 0 aromatic heterocycles. The molecule has 1 aliphatic rings. The third-order valence-electron chi connectivity index (χ3n) is 3.89. The SMILES string of the molecule is CN(CCOc1cccc(C(=O)NN)c1)C1CCCC1. The number of nitrogens with zero attached hydrogens (tertiary/aromatic N) is 1. The molecule has 1 aromatic carbocycles. The summed E-state index contributed by atoms with van der Waals surface area (Å²) in [6.07, 6.45) is 5.27. The molecule has 110 valence electrons. The second-order valence-electron chi connectivity index (χ2n) is 5.27. The number of benzene rings is 1. The Kier molecular flexibility index (Phi) is 5.38. The van der Waals surface area contributed by atoms with Gasteiger partial charge in [0.1, 0.15) is 12.4 Å². The van der Waals surface area contributed by atoms with Crippen molar-refractivity contribution in [3.05, 3.63) is 29.8 Å². The van der Waals surface area contributed by atoms with Crippen LogP contribution in [0.1, 0.15) is 36.0 Å². The first-order valence-electron chi connectivity index (χ1n) is 7.15. The summed E-state index contributed by atoms with van der Waals surface area (Å²) < 4.78 is 5.71. The summed E-state index contributed by atoms with van der Waals surface area (Å²) >= 11 is 0. The predicted octanol–water partition coefficient (Wildman–Crippen LogP) is 1.54. The average molecular weight is 277 g/mol. The molecule has 0 unspecified atom stereocenters. The van der Waals surface area contributed by atoms with Crippen LogP contribution in [0.15, 0.2) is 24.3 Å². The van der Waals surface area contributed by atoms with E-state index in [4.69, 9.17) is 10.6 Å². The van der Waals surface area contributed by atoms with Crippen molar-refractivity contribution in [3.8, 4) is 5.75 Å². The molecule has 0 spiro atoms. The topological polar surface area (TPSA) is 67.6 Å². The Labute approximate surface area is 120 Å². The molecule has 2 rings (SSSR count). The first kappa shape index (κ1) is 14.8. The summed E-state index contributed by atoms with van der Waals surface area (Å²) in [4.78, 5) is 13.8.